The van der Waals surface area contributed by atoms with Crippen LogP contribution in [0.1, 0.15) is 25.6 Å². The van der Waals surface area contributed by atoms with Crippen molar-refractivity contribution in [2.45, 2.75) is 33.4 Å². The summed E-state index contributed by atoms with van der Waals surface area (Å²) in [5.41, 5.74) is 0. The quantitative estimate of drug-likeness (QED) is 0.819. The van der Waals surface area contributed by atoms with Crippen LogP contribution in [-0.4, -0.2) is 31.1 Å². The van der Waals surface area contributed by atoms with Gasteiger partial charge in [-0.15, -0.1) is 11.3 Å². The molecule has 0 saturated carbocycles. The fourth-order valence-electron chi connectivity index (χ4n) is 1.80. The van der Waals surface area contributed by atoms with Crippen molar-refractivity contribution in [3.63, 3.8) is 0 Å². The van der Waals surface area contributed by atoms with Gasteiger partial charge in [0.2, 0.25) is 0 Å². The van der Waals surface area contributed by atoms with Crippen molar-refractivity contribution in [3.05, 3.63) is 21.3 Å². The van der Waals surface area contributed by atoms with Gasteiger partial charge in [0.15, 0.2) is 0 Å². The Kier molecular flexibility index (Phi) is 6.49. The van der Waals surface area contributed by atoms with Crippen LogP contribution >= 0.6 is 22.9 Å². The molecule has 98 valence electrons. The van der Waals surface area contributed by atoms with Crippen molar-refractivity contribution in [1.29, 1.82) is 0 Å². The molecule has 1 heterocycles. The van der Waals surface area contributed by atoms with E-state index >= 15 is 0 Å². The molecule has 0 aliphatic rings. The molecule has 1 atom stereocenters. The summed E-state index contributed by atoms with van der Waals surface area (Å²) >= 11 is 7.59. The van der Waals surface area contributed by atoms with Gasteiger partial charge in [-0.2, -0.15) is 0 Å². The van der Waals surface area contributed by atoms with Crippen LogP contribution in [0.15, 0.2) is 12.1 Å². The molecular formula is C13H23ClN2S. The zero-order valence-electron chi connectivity index (χ0n) is 11.2. The molecule has 0 fully saturated rings. The lowest BCUT2D eigenvalue weighted by atomic mass is 10.1. The monoisotopic (exact) mass is 274 g/mol. The van der Waals surface area contributed by atoms with E-state index in [1.165, 1.54) is 4.88 Å². The normalized spacial score (nSPS) is 13.6. The van der Waals surface area contributed by atoms with Crippen LogP contribution < -0.4 is 5.32 Å². The molecule has 1 unspecified atom stereocenters. The van der Waals surface area contributed by atoms with Gasteiger partial charge in [-0.05, 0) is 31.6 Å². The average Bonchev–Trinajstić information content (AvgIpc) is 2.60. The number of halogens is 1. The first-order valence-electron chi connectivity index (χ1n) is 6.13. The fourth-order valence-corrected chi connectivity index (χ4v) is 2.97. The summed E-state index contributed by atoms with van der Waals surface area (Å²) in [5, 5.41) is 3.47. The van der Waals surface area contributed by atoms with Crippen LogP contribution in [0.25, 0.3) is 0 Å². The minimum absolute atomic E-state index is 0.568. The van der Waals surface area contributed by atoms with E-state index in [4.69, 9.17) is 11.6 Å². The molecule has 1 aromatic rings. The first-order chi connectivity index (χ1) is 7.97. The summed E-state index contributed by atoms with van der Waals surface area (Å²) in [7, 11) is 2.17. The van der Waals surface area contributed by atoms with Crippen molar-refractivity contribution >= 4 is 22.9 Å². The van der Waals surface area contributed by atoms with Gasteiger partial charge in [0.25, 0.3) is 0 Å². The van der Waals surface area contributed by atoms with E-state index in [2.05, 4.69) is 44.1 Å². The molecule has 0 aliphatic carbocycles. The highest BCUT2D eigenvalue weighted by Crippen LogP contribution is 2.22. The third-order valence-electron chi connectivity index (χ3n) is 2.55. The Morgan fingerprint density at radius 1 is 1.35 bits per heavy atom. The van der Waals surface area contributed by atoms with E-state index in [1.807, 2.05) is 6.07 Å². The number of thiophene rings is 1. The molecule has 0 bridgehead atoms. The first-order valence-corrected chi connectivity index (χ1v) is 7.33. The third kappa shape index (κ3) is 6.41. The van der Waals surface area contributed by atoms with E-state index < -0.39 is 0 Å². The number of nitrogens with one attached hydrogen (secondary N) is 1. The molecule has 0 aliphatic heterocycles. The SMILES string of the molecule is CC(CNC(C)C)CN(C)Cc1ccc(Cl)s1. The highest BCUT2D eigenvalue weighted by atomic mass is 35.5. The molecule has 1 rings (SSSR count). The maximum absolute atomic E-state index is 5.92. The summed E-state index contributed by atoms with van der Waals surface area (Å²) in [6.45, 7) is 9.83. The van der Waals surface area contributed by atoms with Crippen LogP contribution in [0.5, 0.6) is 0 Å². The molecular weight excluding hydrogens is 252 g/mol. The van der Waals surface area contributed by atoms with E-state index in [1.54, 1.807) is 11.3 Å². The van der Waals surface area contributed by atoms with E-state index in [-0.39, 0.29) is 0 Å². The Morgan fingerprint density at radius 3 is 2.59 bits per heavy atom. The molecule has 0 radical (unpaired) electrons. The summed E-state index contributed by atoms with van der Waals surface area (Å²) in [5.74, 6) is 0.665. The fraction of sp³-hybridized carbons (Fsp3) is 0.692. The molecule has 2 nitrogen and oxygen atoms in total. The smallest absolute Gasteiger partial charge is 0.0931 e. The molecule has 0 saturated heterocycles. The van der Waals surface area contributed by atoms with Crippen molar-refractivity contribution in [2.75, 3.05) is 20.1 Å². The highest BCUT2D eigenvalue weighted by molar-refractivity contribution is 7.16. The van der Waals surface area contributed by atoms with Gasteiger partial charge in [0.05, 0.1) is 4.34 Å². The minimum atomic E-state index is 0.568. The summed E-state index contributed by atoms with van der Waals surface area (Å²) < 4.78 is 0.878. The maximum Gasteiger partial charge on any atom is 0.0931 e. The van der Waals surface area contributed by atoms with Gasteiger partial charge < -0.3 is 10.2 Å². The zero-order valence-corrected chi connectivity index (χ0v) is 12.7. The van der Waals surface area contributed by atoms with Gasteiger partial charge in [0, 0.05) is 24.0 Å². The molecule has 1 aromatic heterocycles. The Balaban J connectivity index is 2.26. The van der Waals surface area contributed by atoms with Gasteiger partial charge in [-0.1, -0.05) is 32.4 Å². The first kappa shape index (κ1) is 15.0. The Labute approximate surface area is 114 Å². The van der Waals surface area contributed by atoms with Crippen molar-refractivity contribution in [1.82, 2.24) is 10.2 Å². The lowest BCUT2D eigenvalue weighted by Gasteiger charge is -2.21. The number of hydrogen-bond acceptors (Lipinski definition) is 3. The predicted molar refractivity (Wildman–Crippen MR) is 78.0 cm³/mol. The summed E-state index contributed by atoms with van der Waals surface area (Å²) in [6.07, 6.45) is 0. The second-order valence-electron chi connectivity index (χ2n) is 5.07. The van der Waals surface area contributed by atoms with Crippen LogP contribution in [0.4, 0.5) is 0 Å². The van der Waals surface area contributed by atoms with Crippen molar-refractivity contribution in [3.8, 4) is 0 Å². The molecule has 0 aromatic carbocycles. The van der Waals surface area contributed by atoms with Crippen LogP contribution in [0.3, 0.4) is 0 Å². The van der Waals surface area contributed by atoms with Gasteiger partial charge in [-0.3, -0.25) is 0 Å². The largest absolute Gasteiger partial charge is 0.314 e. The molecule has 17 heavy (non-hydrogen) atoms. The van der Waals surface area contributed by atoms with Gasteiger partial charge >= 0.3 is 0 Å². The standard InChI is InChI=1S/C13H23ClN2S/c1-10(2)15-7-11(3)8-16(4)9-12-5-6-13(14)17-12/h5-6,10-11,15H,7-9H2,1-4H3. The molecule has 1 N–H and O–H groups in total. The highest BCUT2D eigenvalue weighted by Gasteiger charge is 2.08. The van der Waals surface area contributed by atoms with Crippen LogP contribution in [-0.2, 0) is 6.54 Å². The van der Waals surface area contributed by atoms with E-state index in [0.29, 0.717) is 12.0 Å². The summed E-state index contributed by atoms with van der Waals surface area (Å²) in [4.78, 5) is 3.69. The van der Waals surface area contributed by atoms with Crippen LogP contribution in [0, 0.1) is 5.92 Å². The molecule has 4 heteroatoms. The topological polar surface area (TPSA) is 15.3 Å². The zero-order chi connectivity index (χ0) is 12.8. The summed E-state index contributed by atoms with van der Waals surface area (Å²) in [6, 6.07) is 4.65. The van der Waals surface area contributed by atoms with Crippen molar-refractivity contribution in [2.24, 2.45) is 5.92 Å². The third-order valence-corrected chi connectivity index (χ3v) is 3.77. The van der Waals surface area contributed by atoms with E-state index in [9.17, 15) is 0 Å². The Bertz CT molecular complexity index is 325. The average molecular weight is 275 g/mol. The van der Waals surface area contributed by atoms with Gasteiger partial charge in [0.1, 0.15) is 0 Å². The lowest BCUT2D eigenvalue weighted by molar-refractivity contribution is 0.273. The molecule has 0 spiro atoms. The molecule has 0 amide bonds. The second-order valence-corrected chi connectivity index (χ2v) is 6.87. The predicted octanol–water partition coefficient (Wildman–Crippen LogP) is 3.47. The van der Waals surface area contributed by atoms with Crippen LogP contribution in [0.2, 0.25) is 4.34 Å². The number of hydrogen-bond donors (Lipinski definition) is 1. The number of nitrogens with zero attached hydrogens (tertiary/aromatic N) is 1. The van der Waals surface area contributed by atoms with Gasteiger partial charge in [-0.25, -0.2) is 0 Å². The maximum atomic E-state index is 5.92. The second kappa shape index (κ2) is 7.37. The Hall–Kier alpha value is -0.0900. The van der Waals surface area contributed by atoms with Crippen molar-refractivity contribution < 1.29 is 0 Å². The van der Waals surface area contributed by atoms with E-state index in [0.717, 1.165) is 24.0 Å². The Morgan fingerprint density at radius 2 is 2.06 bits per heavy atom. The minimum Gasteiger partial charge on any atom is -0.314 e. The number of rotatable bonds is 7. The lowest BCUT2D eigenvalue weighted by Crippen LogP contribution is -2.33.